The highest BCUT2D eigenvalue weighted by molar-refractivity contribution is 4.98. The molecule has 234 valence electrons. The summed E-state index contributed by atoms with van der Waals surface area (Å²) in [7, 11) is 0. The van der Waals surface area contributed by atoms with Gasteiger partial charge in [0.25, 0.3) is 0 Å². The predicted octanol–water partition coefficient (Wildman–Crippen LogP) is -7.44. The largest absolute Gasteiger partial charge is 0.394 e. The van der Waals surface area contributed by atoms with Crippen LogP contribution in [0.25, 0.3) is 0 Å². The van der Waals surface area contributed by atoms with Crippen LogP contribution in [0.5, 0.6) is 0 Å². The summed E-state index contributed by atoms with van der Waals surface area (Å²) in [6.07, 6.45) is -25.6. The van der Waals surface area contributed by atoms with Gasteiger partial charge >= 0.3 is 0 Å². The van der Waals surface area contributed by atoms with Crippen molar-refractivity contribution < 1.29 is 89.3 Å². The third-order valence-corrected chi connectivity index (χ3v) is 7.50. The van der Waals surface area contributed by atoms with E-state index in [1.807, 2.05) is 0 Å². The lowest BCUT2D eigenvalue weighted by Gasteiger charge is -2.47. The highest BCUT2D eigenvalue weighted by Gasteiger charge is 2.55. The third kappa shape index (κ3) is 6.16. The summed E-state index contributed by atoms with van der Waals surface area (Å²) in [5.41, 5.74) is -2.08. The second kappa shape index (κ2) is 12.9. The van der Waals surface area contributed by atoms with Gasteiger partial charge in [0.15, 0.2) is 25.2 Å². The van der Waals surface area contributed by atoms with Crippen molar-refractivity contribution >= 4 is 0 Å². The van der Waals surface area contributed by atoms with Gasteiger partial charge in [-0.05, 0) is 6.92 Å². The summed E-state index contributed by atoms with van der Waals surface area (Å²) in [5.74, 6) is 0. The molecule has 0 aromatic rings. The van der Waals surface area contributed by atoms with Crippen LogP contribution in [0, 0.1) is 0 Å². The summed E-state index contributed by atoms with van der Waals surface area (Å²) in [6.45, 7) is -1.14. The first-order valence-electron chi connectivity index (χ1n) is 12.7. The first kappa shape index (κ1) is 32.2. The fourth-order valence-electron chi connectivity index (χ4n) is 4.94. The molecule has 18 heteroatoms. The minimum Gasteiger partial charge on any atom is -0.394 e. The molecule has 4 saturated heterocycles. The number of hydrogen-bond donors (Lipinski definition) is 11. The smallest absolute Gasteiger partial charge is 0.187 e. The van der Waals surface area contributed by atoms with Crippen molar-refractivity contribution in [2.45, 2.75) is 111 Å². The lowest BCUT2D eigenvalue weighted by Crippen LogP contribution is -2.66. The van der Waals surface area contributed by atoms with Crippen LogP contribution in [0.2, 0.25) is 0 Å². The number of aliphatic hydroxyl groups excluding tert-OH is 10. The molecule has 4 rings (SSSR count). The Bertz CT molecular complexity index is 823. The van der Waals surface area contributed by atoms with E-state index in [4.69, 9.17) is 33.2 Å². The van der Waals surface area contributed by atoms with E-state index >= 15 is 0 Å². The number of aliphatic hydroxyl groups is 11. The van der Waals surface area contributed by atoms with Gasteiger partial charge in [-0.3, -0.25) is 0 Å². The van der Waals surface area contributed by atoms with E-state index in [-0.39, 0.29) is 6.61 Å². The molecule has 0 saturated carbocycles. The van der Waals surface area contributed by atoms with E-state index < -0.39 is 124 Å². The Morgan fingerprint density at radius 3 is 1.95 bits per heavy atom. The highest BCUT2D eigenvalue weighted by Crippen LogP contribution is 2.34. The summed E-state index contributed by atoms with van der Waals surface area (Å²) < 4.78 is 37.9. The first-order chi connectivity index (χ1) is 18.8. The Labute approximate surface area is 227 Å². The van der Waals surface area contributed by atoms with Crippen LogP contribution in [0.4, 0.5) is 0 Å². The number of hydrogen-bond acceptors (Lipinski definition) is 18. The van der Waals surface area contributed by atoms with Crippen molar-refractivity contribution in [3.8, 4) is 0 Å². The van der Waals surface area contributed by atoms with Crippen molar-refractivity contribution in [3.05, 3.63) is 0 Å². The molecule has 40 heavy (non-hydrogen) atoms. The molecule has 4 aliphatic heterocycles. The SMILES string of the molecule is C[C@@H]1O[C@@H](O[C@@H]2[C@@H](O[C@@H]3OC[C@](O)(CO)[C@H]3O)[C@H](O)[C@@H](CO)O[C@H]2O)[C@H](O)[C@H](O)[C@H]1O[C@@H]1OC[C@@H](O)[C@H](O)[C@H]1O. The van der Waals surface area contributed by atoms with E-state index in [0.717, 1.165) is 0 Å². The number of rotatable bonds is 8. The quantitative estimate of drug-likeness (QED) is 0.125. The van der Waals surface area contributed by atoms with Gasteiger partial charge in [-0.25, -0.2) is 0 Å². The second-order valence-corrected chi connectivity index (χ2v) is 10.4. The molecule has 0 aromatic carbocycles. The lowest BCUT2D eigenvalue weighted by molar-refractivity contribution is -0.382. The lowest BCUT2D eigenvalue weighted by atomic mass is 9.96. The normalized spacial score (nSPS) is 54.0. The van der Waals surface area contributed by atoms with E-state index in [9.17, 15) is 56.2 Å². The fraction of sp³-hybridized carbons (Fsp3) is 1.00. The molecule has 0 unspecified atom stereocenters. The first-order valence-corrected chi connectivity index (χ1v) is 12.7. The molecule has 0 spiro atoms. The van der Waals surface area contributed by atoms with Crippen molar-refractivity contribution in [1.29, 1.82) is 0 Å². The van der Waals surface area contributed by atoms with Crippen molar-refractivity contribution in [2.75, 3.05) is 26.4 Å². The molecule has 0 amide bonds. The van der Waals surface area contributed by atoms with E-state index in [0.29, 0.717) is 0 Å². The van der Waals surface area contributed by atoms with Gasteiger partial charge in [0.05, 0.1) is 32.5 Å². The Hall–Kier alpha value is -0.720. The highest BCUT2D eigenvalue weighted by atomic mass is 16.8. The summed E-state index contributed by atoms with van der Waals surface area (Å²) >= 11 is 0. The monoisotopic (exact) mass is 590 g/mol. The summed E-state index contributed by atoms with van der Waals surface area (Å²) in [5, 5.41) is 112. The zero-order valence-corrected chi connectivity index (χ0v) is 21.3. The Morgan fingerprint density at radius 1 is 0.700 bits per heavy atom. The maximum atomic E-state index is 10.8. The van der Waals surface area contributed by atoms with Crippen molar-refractivity contribution in [2.24, 2.45) is 0 Å². The molecule has 18 nitrogen and oxygen atoms in total. The molecule has 17 atom stereocenters. The topological polar surface area (TPSA) is 287 Å². The number of ether oxygens (including phenoxy) is 7. The van der Waals surface area contributed by atoms with Crippen LogP contribution >= 0.6 is 0 Å². The summed E-state index contributed by atoms with van der Waals surface area (Å²) in [6, 6.07) is 0. The predicted molar refractivity (Wildman–Crippen MR) is 120 cm³/mol. The average Bonchev–Trinajstić information content (AvgIpc) is 3.21. The van der Waals surface area contributed by atoms with Crippen molar-refractivity contribution in [1.82, 2.24) is 0 Å². The van der Waals surface area contributed by atoms with Gasteiger partial charge in [-0.15, -0.1) is 0 Å². The molecule has 4 heterocycles. The molecule has 4 aliphatic rings. The van der Waals surface area contributed by atoms with E-state index in [1.165, 1.54) is 6.92 Å². The van der Waals surface area contributed by atoms with Gasteiger partial charge < -0.3 is 89.3 Å². The molecule has 0 aliphatic carbocycles. The van der Waals surface area contributed by atoms with Crippen LogP contribution < -0.4 is 0 Å². The fourth-order valence-corrected chi connectivity index (χ4v) is 4.94. The zero-order valence-electron chi connectivity index (χ0n) is 21.3. The van der Waals surface area contributed by atoms with Crippen molar-refractivity contribution in [3.63, 3.8) is 0 Å². The molecule has 0 radical (unpaired) electrons. The maximum Gasteiger partial charge on any atom is 0.187 e. The van der Waals surface area contributed by atoms with Crippen LogP contribution in [0.1, 0.15) is 6.92 Å². The van der Waals surface area contributed by atoms with Crippen LogP contribution in [-0.4, -0.2) is 187 Å². The van der Waals surface area contributed by atoms with Crippen LogP contribution in [0.3, 0.4) is 0 Å². The van der Waals surface area contributed by atoms with E-state index in [2.05, 4.69) is 0 Å². The minimum absolute atomic E-state index is 0.373. The molecule has 0 aromatic heterocycles. The van der Waals surface area contributed by atoms with Gasteiger partial charge in [-0.1, -0.05) is 0 Å². The zero-order chi connectivity index (χ0) is 29.5. The average molecular weight is 591 g/mol. The molecular formula is C22H38O18. The molecular weight excluding hydrogens is 552 g/mol. The second-order valence-electron chi connectivity index (χ2n) is 10.4. The third-order valence-electron chi connectivity index (χ3n) is 7.50. The Balaban J connectivity index is 1.46. The van der Waals surface area contributed by atoms with Crippen LogP contribution in [-0.2, 0) is 33.2 Å². The van der Waals surface area contributed by atoms with Gasteiger partial charge in [-0.2, -0.15) is 0 Å². The summed E-state index contributed by atoms with van der Waals surface area (Å²) in [4.78, 5) is 0. The molecule has 0 bridgehead atoms. The maximum absolute atomic E-state index is 10.8. The molecule has 4 fully saturated rings. The van der Waals surface area contributed by atoms with Gasteiger partial charge in [0.2, 0.25) is 0 Å². The van der Waals surface area contributed by atoms with Gasteiger partial charge in [0, 0.05) is 0 Å². The Kier molecular flexibility index (Phi) is 10.4. The van der Waals surface area contributed by atoms with E-state index in [1.54, 1.807) is 0 Å². The van der Waals surface area contributed by atoms with Gasteiger partial charge in [0.1, 0.15) is 72.7 Å². The minimum atomic E-state index is -2.08. The van der Waals surface area contributed by atoms with Crippen LogP contribution in [0.15, 0.2) is 0 Å². The molecule has 11 N–H and O–H groups in total. The Morgan fingerprint density at radius 2 is 1.32 bits per heavy atom. The standard InChI is InChI=1S/C22H38O18/c1-6-14(38-19-12(29)9(26)7(25)3-34-19)11(28)13(30)20(36-6)40-16-15(10(27)8(2-23)37-18(16)32)39-21-17(31)22(33,4-24)5-35-21/h6-21,23-33H,2-5H2,1H3/t6-,7+,8+,9-,10+,11-,12+,13+,14-,15-,16+,17-,18+,19-,20-,21-,22+/m0/s1.